The third kappa shape index (κ3) is 6.06. The molecule has 0 saturated heterocycles. The Morgan fingerprint density at radius 1 is 1.29 bits per heavy atom. The maximum atomic E-state index is 5.97. The van der Waals surface area contributed by atoms with E-state index in [0.717, 1.165) is 23.8 Å². The van der Waals surface area contributed by atoms with Gasteiger partial charge in [-0.15, -0.1) is 0 Å². The highest BCUT2D eigenvalue weighted by atomic mass is 35.5. The van der Waals surface area contributed by atoms with Crippen LogP contribution in [0.5, 0.6) is 0 Å². The van der Waals surface area contributed by atoms with Crippen molar-refractivity contribution in [1.82, 2.24) is 5.43 Å². The average molecular weight is 255 g/mol. The van der Waals surface area contributed by atoms with E-state index in [2.05, 4.69) is 25.3 Å². The zero-order chi connectivity index (χ0) is 12.7. The molecule has 0 fully saturated rings. The van der Waals surface area contributed by atoms with E-state index in [9.17, 15) is 0 Å². The first-order valence-corrected chi connectivity index (χ1v) is 6.70. The van der Waals surface area contributed by atoms with Gasteiger partial charge in [-0.25, -0.2) is 0 Å². The lowest BCUT2D eigenvalue weighted by Crippen LogP contribution is -2.36. The van der Waals surface area contributed by atoms with Crippen LogP contribution in [0.4, 0.5) is 0 Å². The van der Waals surface area contributed by atoms with Gasteiger partial charge in [0, 0.05) is 11.1 Å². The smallest absolute Gasteiger partial charge is 0.0408 e. The average Bonchev–Trinajstić information content (AvgIpc) is 2.27. The number of rotatable bonds is 7. The van der Waals surface area contributed by atoms with Crippen LogP contribution in [0.1, 0.15) is 38.7 Å². The molecule has 0 spiro atoms. The lowest BCUT2D eigenvalue weighted by Gasteiger charge is -2.16. The van der Waals surface area contributed by atoms with Crippen molar-refractivity contribution in [3.63, 3.8) is 0 Å². The Morgan fingerprint density at radius 2 is 2.06 bits per heavy atom. The molecule has 1 unspecified atom stereocenters. The Morgan fingerprint density at radius 3 is 2.65 bits per heavy atom. The second-order valence-electron chi connectivity index (χ2n) is 5.02. The predicted molar refractivity (Wildman–Crippen MR) is 75.0 cm³/mol. The summed E-state index contributed by atoms with van der Waals surface area (Å²) < 4.78 is 0. The van der Waals surface area contributed by atoms with Gasteiger partial charge in [0.1, 0.15) is 0 Å². The molecule has 0 aliphatic rings. The van der Waals surface area contributed by atoms with Crippen LogP contribution in [0, 0.1) is 5.92 Å². The highest BCUT2D eigenvalue weighted by Gasteiger charge is 2.08. The number of halogens is 1. The Balaban J connectivity index is 2.41. The normalized spacial score (nSPS) is 13.0. The molecule has 1 aromatic carbocycles. The summed E-state index contributed by atoms with van der Waals surface area (Å²) in [6.07, 6.45) is 4.52. The van der Waals surface area contributed by atoms with Gasteiger partial charge in [0.05, 0.1) is 0 Å². The van der Waals surface area contributed by atoms with Crippen molar-refractivity contribution in [2.24, 2.45) is 11.8 Å². The molecule has 17 heavy (non-hydrogen) atoms. The summed E-state index contributed by atoms with van der Waals surface area (Å²) in [5.41, 5.74) is 4.14. The second-order valence-corrected chi connectivity index (χ2v) is 5.46. The van der Waals surface area contributed by atoms with E-state index in [-0.39, 0.29) is 0 Å². The lowest BCUT2D eigenvalue weighted by atomic mass is 9.99. The molecule has 0 radical (unpaired) electrons. The Kier molecular flexibility index (Phi) is 6.56. The van der Waals surface area contributed by atoms with Crippen LogP contribution in [0.3, 0.4) is 0 Å². The van der Waals surface area contributed by atoms with Crippen LogP contribution in [0.2, 0.25) is 5.02 Å². The summed E-state index contributed by atoms with van der Waals surface area (Å²) in [6, 6.07) is 8.33. The lowest BCUT2D eigenvalue weighted by molar-refractivity contribution is 0.441. The van der Waals surface area contributed by atoms with Gasteiger partial charge >= 0.3 is 0 Å². The SMILES string of the molecule is CC(C)CCCC(Cc1cccc(Cl)c1)NN. The van der Waals surface area contributed by atoms with E-state index in [1.54, 1.807) is 0 Å². The van der Waals surface area contributed by atoms with Crippen LogP contribution in [-0.2, 0) is 6.42 Å². The summed E-state index contributed by atoms with van der Waals surface area (Å²) in [5, 5.41) is 0.792. The summed E-state index contributed by atoms with van der Waals surface area (Å²) in [4.78, 5) is 0. The van der Waals surface area contributed by atoms with Gasteiger partial charge in [0.15, 0.2) is 0 Å². The first kappa shape index (κ1) is 14.5. The van der Waals surface area contributed by atoms with Crippen LogP contribution >= 0.6 is 11.6 Å². The number of benzene rings is 1. The maximum Gasteiger partial charge on any atom is 0.0408 e. The van der Waals surface area contributed by atoms with E-state index in [1.807, 2.05) is 18.2 Å². The molecule has 0 amide bonds. The zero-order valence-electron chi connectivity index (χ0n) is 10.7. The number of hydrogen-bond donors (Lipinski definition) is 2. The molecular formula is C14H23ClN2. The molecule has 2 nitrogen and oxygen atoms in total. The molecule has 0 heterocycles. The highest BCUT2D eigenvalue weighted by Crippen LogP contribution is 2.15. The van der Waals surface area contributed by atoms with Crippen molar-refractivity contribution in [2.45, 2.75) is 45.6 Å². The minimum atomic E-state index is 0.340. The fraction of sp³-hybridized carbons (Fsp3) is 0.571. The van der Waals surface area contributed by atoms with Gasteiger partial charge in [-0.2, -0.15) is 0 Å². The molecule has 0 aromatic heterocycles. The van der Waals surface area contributed by atoms with Gasteiger partial charge in [0.25, 0.3) is 0 Å². The number of nitrogens with two attached hydrogens (primary N) is 1. The van der Waals surface area contributed by atoms with Crippen molar-refractivity contribution >= 4 is 11.6 Å². The standard InChI is InChI=1S/C14H23ClN2/c1-11(2)5-3-8-14(17-16)10-12-6-4-7-13(15)9-12/h4,6-7,9,11,14,17H,3,5,8,10,16H2,1-2H3. The Hall–Kier alpha value is -0.570. The molecule has 0 saturated carbocycles. The Labute approximate surface area is 110 Å². The molecule has 96 valence electrons. The molecular weight excluding hydrogens is 232 g/mol. The number of nitrogens with one attached hydrogen (secondary N) is 1. The fourth-order valence-electron chi connectivity index (χ4n) is 1.97. The van der Waals surface area contributed by atoms with Crippen LogP contribution in [-0.4, -0.2) is 6.04 Å². The molecule has 3 heteroatoms. The van der Waals surface area contributed by atoms with E-state index >= 15 is 0 Å². The highest BCUT2D eigenvalue weighted by molar-refractivity contribution is 6.30. The minimum Gasteiger partial charge on any atom is -0.271 e. The van der Waals surface area contributed by atoms with Gasteiger partial charge in [0.2, 0.25) is 0 Å². The van der Waals surface area contributed by atoms with E-state index in [0.29, 0.717) is 6.04 Å². The topological polar surface area (TPSA) is 38.0 Å². The third-order valence-corrected chi connectivity index (χ3v) is 3.18. The monoisotopic (exact) mass is 254 g/mol. The fourth-order valence-corrected chi connectivity index (χ4v) is 2.18. The molecule has 3 N–H and O–H groups in total. The second kappa shape index (κ2) is 7.70. The molecule has 1 atom stereocenters. The van der Waals surface area contributed by atoms with Gasteiger partial charge < -0.3 is 0 Å². The van der Waals surface area contributed by atoms with E-state index < -0.39 is 0 Å². The summed E-state index contributed by atoms with van der Waals surface area (Å²) >= 11 is 5.97. The molecule has 1 rings (SSSR count). The Bertz CT molecular complexity index is 326. The third-order valence-electron chi connectivity index (χ3n) is 2.94. The van der Waals surface area contributed by atoms with E-state index in [4.69, 9.17) is 17.4 Å². The quantitative estimate of drug-likeness (QED) is 0.577. The summed E-state index contributed by atoms with van der Waals surface area (Å²) in [5.74, 6) is 6.36. The molecule has 0 aliphatic heterocycles. The van der Waals surface area contributed by atoms with E-state index in [1.165, 1.54) is 18.4 Å². The predicted octanol–water partition coefficient (Wildman–Crippen LogP) is 3.54. The zero-order valence-corrected chi connectivity index (χ0v) is 11.5. The van der Waals surface area contributed by atoms with Gasteiger partial charge in [-0.1, -0.05) is 50.4 Å². The summed E-state index contributed by atoms with van der Waals surface area (Å²) in [7, 11) is 0. The van der Waals surface area contributed by atoms with Crippen molar-refractivity contribution in [3.05, 3.63) is 34.9 Å². The molecule has 0 aliphatic carbocycles. The maximum absolute atomic E-state index is 5.97. The first-order chi connectivity index (χ1) is 8.11. The van der Waals surface area contributed by atoms with Crippen molar-refractivity contribution in [2.75, 3.05) is 0 Å². The van der Waals surface area contributed by atoms with Crippen molar-refractivity contribution < 1.29 is 0 Å². The number of hydrazine groups is 1. The van der Waals surface area contributed by atoms with Crippen LogP contribution in [0.25, 0.3) is 0 Å². The van der Waals surface area contributed by atoms with Crippen molar-refractivity contribution in [3.8, 4) is 0 Å². The molecule has 0 bridgehead atoms. The van der Waals surface area contributed by atoms with Gasteiger partial charge in [-0.05, 0) is 36.5 Å². The minimum absolute atomic E-state index is 0.340. The largest absolute Gasteiger partial charge is 0.271 e. The van der Waals surface area contributed by atoms with Crippen LogP contribution in [0.15, 0.2) is 24.3 Å². The molecule has 1 aromatic rings. The van der Waals surface area contributed by atoms with Gasteiger partial charge in [-0.3, -0.25) is 11.3 Å². The number of hydrogen-bond acceptors (Lipinski definition) is 2. The first-order valence-electron chi connectivity index (χ1n) is 6.32. The van der Waals surface area contributed by atoms with Crippen molar-refractivity contribution in [1.29, 1.82) is 0 Å². The van der Waals surface area contributed by atoms with Crippen LogP contribution < -0.4 is 11.3 Å². The summed E-state index contributed by atoms with van der Waals surface area (Å²) in [6.45, 7) is 4.50.